The van der Waals surface area contributed by atoms with E-state index in [2.05, 4.69) is 19.2 Å². The second kappa shape index (κ2) is 44.2. The molecule has 9 N–H and O–H groups in total. The van der Waals surface area contributed by atoms with Gasteiger partial charge in [-0.1, -0.05) is 245 Å². The summed E-state index contributed by atoms with van der Waals surface area (Å²) in [5, 5.41) is 87.0. The van der Waals surface area contributed by atoms with Gasteiger partial charge < -0.3 is 65.1 Å². The Labute approximate surface area is 432 Å². The van der Waals surface area contributed by atoms with E-state index < -0.39 is 86.8 Å². The molecule has 1 amide bonds. The van der Waals surface area contributed by atoms with Gasteiger partial charge in [0.2, 0.25) is 5.91 Å². The second-order valence-corrected chi connectivity index (χ2v) is 21.5. The van der Waals surface area contributed by atoms with Gasteiger partial charge in [0, 0.05) is 6.42 Å². The summed E-state index contributed by atoms with van der Waals surface area (Å²) >= 11 is 0. The minimum absolute atomic E-state index is 0.202. The highest BCUT2D eigenvalue weighted by atomic mass is 16.7. The number of carbonyl (C=O) groups excluding carboxylic acids is 1. The van der Waals surface area contributed by atoms with E-state index >= 15 is 0 Å². The normalized spacial score (nSPS) is 25.7. The van der Waals surface area contributed by atoms with E-state index in [1.165, 1.54) is 186 Å². The number of unbranched alkanes of at least 4 members (excludes halogenated alkanes) is 35. The van der Waals surface area contributed by atoms with Crippen molar-refractivity contribution in [3.8, 4) is 0 Å². The Hall–Kier alpha value is -1.01. The number of ether oxygens (including phenoxy) is 4. The Bertz CT molecular complexity index is 1200. The summed E-state index contributed by atoms with van der Waals surface area (Å²) in [5.41, 5.74) is 0. The molecule has 0 aromatic heterocycles. The van der Waals surface area contributed by atoms with Crippen LogP contribution in [-0.2, 0) is 23.7 Å². The third kappa shape index (κ3) is 30.4. The van der Waals surface area contributed by atoms with Gasteiger partial charge in [-0.05, 0) is 12.8 Å². The van der Waals surface area contributed by atoms with Gasteiger partial charge in [0.25, 0.3) is 0 Å². The monoisotopic (exact) mass is 1020 g/mol. The van der Waals surface area contributed by atoms with Crippen molar-refractivity contribution in [1.82, 2.24) is 5.32 Å². The summed E-state index contributed by atoms with van der Waals surface area (Å²) < 4.78 is 22.8. The zero-order chi connectivity index (χ0) is 51.7. The van der Waals surface area contributed by atoms with Crippen LogP contribution in [0.25, 0.3) is 0 Å². The summed E-state index contributed by atoms with van der Waals surface area (Å²) in [7, 11) is 0. The van der Waals surface area contributed by atoms with Gasteiger partial charge in [-0.25, -0.2) is 0 Å². The molecular formula is C57H111NO13. The van der Waals surface area contributed by atoms with Crippen LogP contribution >= 0.6 is 0 Å². The van der Waals surface area contributed by atoms with Crippen LogP contribution in [0.3, 0.4) is 0 Å². The molecule has 0 spiro atoms. The van der Waals surface area contributed by atoms with Crippen molar-refractivity contribution in [3.63, 3.8) is 0 Å². The molecule has 2 aliphatic rings. The molecule has 0 bridgehead atoms. The van der Waals surface area contributed by atoms with Crippen molar-refractivity contribution in [2.75, 3.05) is 19.8 Å². The average Bonchev–Trinajstić information content (AvgIpc) is 3.37. The maximum Gasteiger partial charge on any atom is 0.220 e. The van der Waals surface area contributed by atoms with Crippen LogP contribution < -0.4 is 5.32 Å². The van der Waals surface area contributed by atoms with E-state index in [-0.39, 0.29) is 12.5 Å². The number of hydrogen-bond donors (Lipinski definition) is 9. The smallest absolute Gasteiger partial charge is 0.220 e. The van der Waals surface area contributed by atoms with Gasteiger partial charge in [-0.2, -0.15) is 0 Å². The fourth-order valence-electron chi connectivity index (χ4n) is 10.2. The molecule has 14 heteroatoms. The first-order valence-electron chi connectivity index (χ1n) is 29.8. The molecule has 422 valence electrons. The van der Waals surface area contributed by atoms with Crippen molar-refractivity contribution in [2.45, 2.75) is 338 Å². The third-order valence-corrected chi connectivity index (χ3v) is 15.1. The molecule has 2 rings (SSSR count). The molecule has 2 aliphatic heterocycles. The standard InChI is InChI=1S/C57H111NO13/c1-3-5-7-9-11-13-15-16-17-18-19-20-21-22-23-24-25-26-27-28-29-31-33-35-37-39-41-49(62)58-45(46(61)40-38-36-34-32-30-14-12-10-8-6-4-2)44-68-56-54(67)52(65)55(48(43-60)70-56)71-57-53(66)51(64)50(63)47(42-59)69-57/h45-48,50-57,59-61,63-67H,3-44H2,1-2H3,(H,58,62)/t45-,46+,47+,48+,50-,51?,52?,53?,54?,55+,56+,57-/m0/s1. The maximum absolute atomic E-state index is 13.2. The first kappa shape index (κ1) is 66.1. The van der Waals surface area contributed by atoms with E-state index in [0.29, 0.717) is 12.8 Å². The van der Waals surface area contributed by atoms with Crippen molar-refractivity contribution >= 4 is 5.91 Å². The quantitative estimate of drug-likeness (QED) is 0.0259. The molecular weight excluding hydrogens is 907 g/mol. The predicted molar refractivity (Wildman–Crippen MR) is 282 cm³/mol. The van der Waals surface area contributed by atoms with Crippen molar-refractivity contribution in [1.29, 1.82) is 0 Å². The fourth-order valence-corrected chi connectivity index (χ4v) is 10.2. The van der Waals surface area contributed by atoms with Crippen LogP contribution in [0.5, 0.6) is 0 Å². The SMILES string of the molecule is CCCCCCCCCCCCCCCCCCCCCCCCCCCCC(=O)N[C@@H](CO[C@@H]1O[C@H](CO)[C@@H](O[C@@H]2O[C@H](CO)[C@H](O)C(O)C2O)C(O)C1O)[C@H](O)CCCCCCCCCCCCC. The van der Waals surface area contributed by atoms with E-state index in [1.807, 2.05) is 0 Å². The number of aliphatic hydroxyl groups is 8. The molecule has 0 radical (unpaired) electrons. The summed E-state index contributed by atoms with van der Waals surface area (Å²) in [6.45, 7) is 2.87. The van der Waals surface area contributed by atoms with Crippen LogP contribution in [0.15, 0.2) is 0 Å². The van der Waals surface area contributed by atoms with Gasteiger partial charge in [0.15, 0.2) is 12.6 Å². The zero-order valence-corrected chi connectivity index (χ0v) is 45.2. The summed E-state index contributed by atoms with van der Waals surface area (Å²) in [4.78, 5) is 13.2. The van der Waals surface area contributed by atoms with Gasteiger partial charge in [-0.15, -0.1) is 0 Å². The number of carbonyl (C=O) groups is 1. The van der Waals surface area contributed by atoms with Crippen LogP contribution in [0.2, 0.25) is 0 Å². The summed E-state index contributed by atoms with van der Waals surface area (Å²) in [6.07, 6.45) is 31.2. The first-order chi connectivity index (χ1) is 34.6. The van der Waals surface area contributed by atoms with Crippen molar-refractivity contribution in [3.05, 3.63) is 0 Å². The number of rotatable bonds is 48. The van der Waals surface area contributed by atoms with E-state index in [0.717, 1.165) is 51.4 Å². The van der Waals surface area contributed by atoms with Gasteiger partial charge in [-0.3, -0.25) is 4.79 Å². The highest BCUT2D eigenvalue weighted by Crippen LogP contribution is 2.30. The lowest BCUT2D eigenvalue weighted by atomic mass is 9.97. The Morgan fingerprint density at radius 2 is 0.803 bits per heavy atom. The number of nitrogens with one attached hydrogen (secondary N) is 1. The molecule has 2 heterocycles. The molecule has 0 aromatic carbocycles. The molecule has 2 saturated heterocycles. The number of hydrogen-bond acceptors (Lipinski definition) is 13. The third-order valence-electron chi connectivity index (χ3n) is 15.1. The Morgan fingerprint density at radius 3 is 1.20 bits per heavy atom. The highest BCUT2D eigenvalue weighted by Gasteiger charge is 2.51. The molecule has 0 saturated carbocycles. The zero-order valence-electron chi connectivity index (χ0n) is 45.2. The second-order valence-electron chi connectivity index (χ2n) is 21.5. The molecule has 14 nitrogen and oxygen atoms in total. The predicted octanol–water partition coefficient (Wildman–Crippen LogP) is 9.73. The van der Waals surface area contributed by atoms with Crippen molar-refractivity contribution < 1.29 is 64.6 Å². The van der Waals surface area contributed by atoms with E-state index in [9.17, 15) is 45.6 Å². The maximum atomic E-state index is 13.2. The van der Waals surface area contributed by atoms with E-state index in [4.69, 9.17) is 18.9 Å². The van der Waals surface area contributed by atoms with Crippen LogP contribution in [0.4, 0.5) is 0 Å². The molecule has 2 fully saturated rings. The summed E-state index contributed by atoms with van der Waals surface area (Å²) in [6, 6.07) is -0.821. The molecule has 71 heavy (non-hydrogen) atoms. The first-order valence-corrected chi connectivity index (χ1v) is 29.8. The van der Waals surface area contributed by atoms with Gasteiger partial charge >= 0.3 is 0 Å². The molecule has 4 unspecified atom stereocenters. The molecule has 12 atom stereocenters. The van der Waals surface area contributed by atoms with E-state index in [1.54, 1.807) is 0 Å². The van der Waals surface area contributed by atoms with Crippen LogP contribution in [-0.4, -0.2) is 140 Å². The largest absolute Gasteiger partial charge is 0.394 e. The molecule has 0 aromatic rings. The minimum atomic E-state index is -1.78. The van der Waals surface area contributed by atoms with Crippen LogP contribution in [0, 0.1) is 0 Å². The summed E-state index contributed by atoms with van der Waals surface area (Å²) in [5.74, 6) is -0.202. The lowest BCUT2D eigenvalue weighted by molar-refractivity contribution is -0.359. The number of aliphatic hydroxyl groups excluding tert-OH is 8. The fraction of sp³-hybridized carbons (Fsp3) is 0.982. The topological polar surface area (TPSA) is 228 Å². The van der Waals surface area contributed by atoms with Crippen molar-refractivity contribution in [2.24, 2.45) is 0 Å². The molecule has 0 aliphatic carbocycles. The highest BCUT2D eigenvalue weighted by molar-refractivity contribution is 5.76. The Morgan fingerprint density at radius 1 is 0.451 bits per heavy atom. The lowest BCUT2D eigenvalue weighted by Crippen LogP contribution is -2.65. The van der Waals surface area contributed by atoms with Gasteiger partial charge in [0.1, 0.15) is 48.8 Å². The lowest BCUT2D eigenvalue weighted by Gasteiger charge is -2.46. The Kier molecular flexibility index (Phi) is 41.1. The van der Waals surface area contributed by atoms with Crippen LogP contribution in [0.1, 0.15) is 264 Å². The average molecular weight is 1020 g/mol. The van der Waals surface area contributed by atoms with Gasteiger partial charge in [0.05, 0.1) is 32.0 Å². The number of amides is 1. The Balaban J connectivity index is 1.67. The minimum Gasteiger partial charge on any atom is -0.394 e.